The summed E-state index contributed by atoms with van der Waals surface area (Å²) < 4.78 is 10.8. The van der Waals surface area contributed by atoms with Crippen molar-refractivity contribution in [3.05, 3.63) is 0 Å². The molecule has 0 radical (unpaired) electrons. The molecule has 0 unspecified atom stereocenters. The van der Waals surface area contributed by atoms with Crippen LogP contribution in [0.25, 0.3) is 0 Å². The van der Waals surface area contributed by atoms with Crippen LogP contribution in [-0.4, -0.2) is 133 Å². The maximum atomic E-state index is 12.8. The molecule has 0 aromatic heterocycles. The van der Waals surface area contributed by atoms with Crippen molar-refractivity contribution in [2.75, 3.05) is 85.5 Å². The van der Waals surface area contributed by atoms with Crippen molar-refractivity contribution < 1.29 is 38.2 Å². The standard InChI is InChI=1S/C35H64N4O6S2.C25H48N4O2S2/c1-32(2,3)44-30(42)38-25-34(15-9-7-10-16-34)23-28(40)36-19-13-21-46-27-47-22-14-20-37-29(41)24-35(17-11-8-12-18-35)26-39-31(43)45-33(4,5)6;26-19-24(9-3-1-4-10-24)17-22(30)28-13-7-15-32-21-33-16-8-14-29-23(31)18-25(20-27)11-5-2-6-12-25/h7-27H2,1-6H3,(H,36,40)(H,37,41)(H,38,42)(H,39,43);1-21,26-27H2,(H,28,30)(H,29,31). The average Bonchev–Trinajstić information content (AvgIpc) is 3.42. The van der Waals surface area contributed by atoms with E-state index in [-0.39, 0.29) is 45.3 Å². The first-order valence-electron chi connectivity index (χ1n) is 30.9. The topological polar surface area (TPSA) is 245 Å². The molecule has 0 saturated heterocycles. The lowest BCUT2D eigenvalue weighted by atomic mass is 9.71. The van der Waals surface area contributed by atoms with E-state index >= 15 is 0 Å². The van der Waals surface area contributed by atoms with Gasteiger partial charge in [0.2, 0.25) is 23.6 Å². The summed E-state index contributed by atoms with van der Waals surface area (Å²) in [6.45, 7) is 16.1. The summed E-state index contributed by atoms with van der Waals surface area (Å²) in [7, 11) is 0. The van der Waals surface area contributed by atoms with Crippen LogP contribution in [0.1, 0.15) is 221 Å². The van der Waals surface area contributed by atoms with Gasteiger partial charge >= 0.3 is 12.2 Å². The van der Waals surface area contributed by atoms with E-state index in [2.05, 4.69) is 31.9 Å². The molecule has 6 amide bonds. The third-order valence-corrected chi connectivity index (χ3v) is 21.1. The average molecular weight is 1200 g/mol. The first kappa shape index (κ1) is 72.0. The van der Waals surface area contributed by atoms with Crippen molar-refractivity contribution in [2.45, 2.75) is 233 Å². The van der Waals surface area contributed by atoms with E-state index in [4.69, 9.17) is 20.9 Å². The number of thioether (sulfide) groups is 4. The molecule has 4 rings (SSSR count). The zero-order valence-electron chi connectivity index (χ0n) is 50.8. The predicted octanol–water partition coefficient (Wildman–Crippen LogP) is 11.2. The predicted molar refractivity (Wildman–Crippen MR) is 337 cm³/mol. The summed E-state index contributed by atoms with van der Waals surface area (Å²) in [6, 6.07) is 0. The number of rotatable bonds is 34. The van der Waals surface area contributed by atoms with Gasteiger partial charge in [0.15, 0.2) is 0 Å². The molecule has 0 aromatic rings. The molecule has 4 aliphatic rings. The number of nitrogens with two attached hydrogens (primary N) is 2. The summed E-state index contributed by atoms with van der Waals surface area (Å²) in [6.07, 6.45) is 27.3. The van der Waals surface area contributed by atoms with Crippen LogP contribution in [0.15, 0.2) is 0 Å². The Morgan fingerprint density at radius 3 is 0.850 bits per heavy atom. The molecule has 0 aromatic carbocycles. The highest BCUT2D eigenvalue weighted by molar-refractivity contribution is 8.16. The van der Waals surface area contributed by atoms with E-state index < -0.39 is 23.4 Å². The number of carbonyl (C=O) groups excluding carboxylic acids is 6. The van der Waals surface area contributed by atoms with E-state index in [0.29, 0.717) is 65.0 Å². The highest BCUT2D eigenvalue weighted by Gasteiger charge is 2.38. The Hall–Kier alpha value is -2.26. The molecule has 4 aliphatic carbocycles. The third-order valence-electron chi connectivity index (χ3n) is 16.2. The van der Waals surface area contributed by atoms with Gasteiger partial charge in [-0.05, 0) is 176 Å². The molecule has 20 heteroatoms. The zero-order valence-corrected chi connectivity index (χ0v) is 54.0. The maximum absolute atomic E-state index is 12.8. The van der Waals surface area contributed by atoms with Gasteiger partial charge in [0.05, 0.1) is 0 Å². The molecule has 16 nitrogen and oxygen atoms in total. The molecule has 80 heavy (non-hydrogen) atoms. The molecule has 10 N–H and O–H groups in total. The van der Waals surface area contributed by atoms with Gasteiger partial charge < -0.3 is 52.8 Å². The Morgan fingerprint density at radius 1 is 0.375 bits per heavy atom. The summed E-state index contributed by atoms with van der Waals surface area (Å²) in [4.78, 5) is 74.6. The zero-order chi connectivity index (χ0) is 58.6. The molecule has 0 atom stereocenters. The van der Waals surface area contributed by atoms with Crippen molar-refractivity contribution in [3.63, 3.8) is 0 Å². The molecular weight excluding hydrogens is 1090 g/mol. The monoisotopic (exact) mass is 1200 g/mol. The van der Waals surface area contributed by atoms with Gasteiger partial charge in [-0.25, -0.2) is 9.59 Å². The van der Waals surface area contributed by atoms with Crippen molar-refractivity contribution in [1.29, 1.82) is 0 Å². The second-order valence-electron chi connectivity index (χ2n) is 25.8. The molecular formula is C60H112N8O8S4. The van der Waals surface area contributed by atoms with Crippen LogP contribution in [0.3, 0.4) is 0 Å². The highest BCUT2D eigenvalue weighted by atomic mass is 32.2. The molecule has 0 bridgehead atoms. The van der Waals surface area contributed by atoms with Crippen LogP contribution < -0.4 is 43.4 Å². The van der Waals surface area contributed by atoms with E-state index in [1.165, 1.54) is 51.4 Å². The minimum Gasteiger partial charge on any atom is -0.444 e. The van der Waals surface area contributed by atoms with E-state index in [0.717, 1.165) is 149 Å². The molecule has 0 heterocycles. The Labute approximate surface area is 501 Å². The van der Waals surface area contributed by atoms with Crippen molar-refractivity contribution in [3.8, 4) is 0 Å². The van der Waals surface area contributed by atoms with Crippen LogP contribution in [0, 0.1) is 21.7 Å². The van der Waals surface area contributed by atoms with Crippen LogP contribution in [0.2, 0.25) is 0 Å². The molecule has 4 saturated carbocycles. The van der Waals surface area contributed by atoms with E-state index in [9.17, 15) is 28.8 Å². The summed E-state index contributed by atoms with van der Waals surface area (Å²) in [5, 5.41) is 20.3. The fourth-order valence-electron chi connectivity index (χ4n) is 11.7. The fraction of sp³-hybridized carbons (Fsp3) is 0.900. The first-order valence-corrected chi connectivity index (χ1v) is 35.5. The van der Waals surface area contributed by atoms with Gasteiger partial charge in [0, 0.05) is 75.1 Å². The number of ether oxygens (including phenoxy) is 2. The van der Waals surface area contributed by atoms with Crippen LogP contribution in [0.5, 0.6) is 0 Å². The van der Waals surface area contributed by atoms with Gasteiger partial charge in [-0.15, -0.1) is 0 Å². The van der Waals surface area contributed by atoms with E-state index in [1.807, 2.05) is 88.6 Å². The second kappa shape index (κ2) is 39.4. The SMILES string of the molecule is CC(C)(C)OC(=O)NCC1(CC(=O)NCCCSCSCCCNC(=O)CC2(CNC(=O)OC(C)(C)C)CCCCC2)CCCCC1.NCC1(CC(=O)NCCCSCSCCCNC(=O)CC2(CN)CCCCC2)CCCCC1. The fourth-order valence-corrected chi connectivity index (χ4v) is 15.9. The van der Waals surface area contributed by atoms with Gasteiger partial charge in [0.1, 0.15) is 11.2 Å². The Kier molecular flexibility index (Phi) is 35.4. The second-order valence-corrected chi connectivity index (χ2v) is 30.9. The lowest BCUT2D eigenvalue weighted by Crippen LogP contribution is -2.44. The number of carbonyl (C=O) groups is 6. The van der Waals surface area contributed by atoms with Gasteiger partial charge in [-0.3, -0.25) is 19.2 Å². The van der Waals surface area contributed by atoms with E-state index in [1.54, 1.807) is 0 Å². The number of hydrogen-bond donors (Lipinski definition) is 8. The van der Waals surface area contributed by atoms with Crippen molar-refractivity contribution >= 4 is 82.9 Å². The summed E-state index contributed by atoms with van der Waals surface area (Å²) in [5.74, 6) is 4.56. The largest absolute Gasteiger partial charge is 0.444 e. The van der Waals surface area contributed by atoms with Crippen LogP contribution >= 0.6 is 47.0 Å². The lowest BCUT2D eigenvalue weighted by molar-refractivity contribution is -0.124. The minimum atomic E-state index is -0.543. The Balaban J connectivity index is 0.000000446. The van der Waals surface area contributed by atoms with Crippen LogP contribution in [0.4, 0.5) is 9.59 Å². The summed E-state index contributed by atoms with van der Waals surface area (Å²) >= 11 is 7.59. The number of nitrogens with one attached hydrogen (secondary N) is 6. The number of alkyl carbamates (subject to hydrolysis) is 2. The quantitative estimate of drug-likeness (QED) is 0.0221. The molecule has 4 fully saturated rings. The minimum absolute atomic E-state index is 0.0505. The smallest absolute Gasteiger partial charge is 0.407 e. The van der Waals surface area contributed by atoms with Crippen molar-refractivity contribution in [2.24, 2.45) is 33.1 Å². The number of hydrogen-bond acceptors (Lipinski definition) is 14. The number of amides is 6. The molecule has 464 valence electrons. The first-order chi connectivity index (χ1) is 38.1. The highest BCUT2D eigenvalue weighted by Crippen LogP contribution is 2.41. The Morgan fingerprint density at radius 2 is 0.613 bits per heavy atom. The third kappa shape index (κ3) is 32.7. The Bertz CT molecular complexity index is 1650. The molecule has 0 aliphatic heterocycles. The normalized spacial score (nSPS) is 18.5. The van der Waals surface area contributed by atoms with Crippen LogP contribution in [-0.2, 0) is 28.7 Å². The molecule has 0 spiro atoms. The van der Waals surface area contributed by atoms with Gasteiger partial charge in [0.25, 0.3) is 0 Å². The summed E-state index contributed by atoms with van der Waals surface area (Å²) in [5.41, 5.74) is 10.6. The maximum Gasteiger partial charge on any atom is 0.407 e. The van der Waals surface area contributed by atoms with Gasteiger partial charge in [-0.2, -0.15) is 47.0 Å². The lowest BCUT2D eigenvalue weighted by Gasteiger charge is -2.37. The van der Waals surface area contributed by atoms with Crippen molar-refractivity contribution in [1.82, 2.24) is 31.9 Å². The van der Waals surface area contributed by atoms with Gasteiger partial charge in [-0.1, -0.05) is 77.0 Å².